The van der Waals surface area contributed by atoms with Crippen molar-refractivity contribution in [1.29, 1.82) is 0 Å². The Bertz CT molecular complexity index is 1130. The van der Waals surface area contributed by atoms with Crippen molar-refractivity contribution in [2.45, 2.75) is 42.5 Å². The van der Waals surface area contributed by atoms with E-state index in [9.17, 15) is 9.59 Å². The standard InChI is InChI=1S/C24H25IN2O5/c1-16-12-27(24(29)26-22(16)28)23-20(25)21(31-14-18-10-6-3-7-11-18)19(32-23)15-30-13-17-8-4-2-5-9-17/h2-12,19-21,23H,13-15H2,1H3,(H,26,28,29)/t19-,20-,21+,23-/m1/s1. The van der Waals surface area contributed by atoms with Crippen LogP contribution in [0.1, 0.15) is 22.9 Å². The zero-order valence-electron chi connectivity index (χ0n) is 17.6. The van der Waals surface area contributed by atoms with Gasteiger partial charge in [-0.1, -0.05) is 83.3 Å². The summed E-state index contributed by atoms with van der Waals surface area (Å²) in [6.07, 6.45) is 0.299. The Balaban J connectivity index is 1.51. The van der Waals surface area contributed by atoms with Crippen molar-refractivity contribution < 1.29 is 14.2 Å². The number of ether oxygens (including phenoxy) is 3. The topological polar surface area (TPSA) is 82.6 Å². The summed E-state index contributed by atoms with van der Waals surface area (Å²) in [6, 6.07) is 19.8. The van der Waals surface area contributed by atoms with Crippen molar-refractivity contribution in [2.75, 3.05) is 6.61 Å². The fraction of sp³-hybridized carbons (Fsp3) is 0.333. The molecule has 0 aliphatic carbocycles. The summed E-state index contributed by atoms with van der Waals surface area (Å²) in [5, 5.41) is 0. The van der Waals surface area contributed by atoms with Gasteiger partial charge in [-0.05, 0) is 18.1 Å². The van der Waals surface area contributed by atoms with Gasteiger partial charge >= 0.3 is 5.69 Å². The van der Waals surface area contributed by atoms with Gasteiger partial charge in [-0.2, -0.15) is 0 Å². The summed E-state index contributed by atoms with van der Waals surface area (Å²) in [5.74, 6) is 0. The lowest BCUT2D eigenvalue weighted by Crippen LogP contribution is -2.37. The van der Waals surface area contributed by atoms with Gasteiger partial charge in [0.1, 0.15) is 12.2 Å². The Labute approximate surface area is 199 Å². The molecule has 8 heteroatoms. The van der Waals surface area contributed by atoms with Crippen LogP contribution in [0, 0.1) is 6.92 Å². The lowest BCUT2D eigenvalue weighted by molar-refractivity contribution is -0.0832. The van der Waals surface area contributed by atoms with Gasteiger partial charge in [-0.15, -0.1) is 0 Å². The first-order valence-corrected chi connectivity index (χ1v) is 11.7. The number of aromatic amines is 1. The Kier molecular flexibility index (Phi) is 7.56. The number of hydrogen-bond acceptors (Lipinski definition) is 5. The van der Waals surface area contributed by atoms with Crippen molar-refractivity contribution in [3.8, 4) is 0 Å². The minimum atomic E-state index is -0.579. The number of H-pyrrole nitrogens is 1. The first-order valence-electron chi connectivity index (χ1n) is 10.4. The highest BCUT2D eigenvalue weighted by atomic mass is 127. The number of nitrogens with zero attached hydrogens (tertiary/aromatic N) is 1. The van der Waals surface area contributed by atoms with E-state index >= 15 is 0 Å². The fourth-order valence-corrected chi connectivity index (χ4v) is 4.85. The van der Waals surface area contributed by atoms with E-state index in [1.165, 1.54) is 4.57 Å². The highest BCUT2D eigenvalue weighted by molar-refractivity contribution is 14.1. The number of nitrogens with one attached hydrogen (secondary N) is 1. The largest absolute Gasteiger partial charge is 0.374 e. The minimum Gasteiger partial charge on any atom is -0.374 e. The van der Waals surface area contributed by atoms with E-state index in [4.69, 9.17) is 14.2 Å². The van der Waals surface area contributed by atoms with Crippen molar-refractivity contribution >= 4 is 22.6 Å². The van der Waals surface area contributed by atoms with Gasteiger partial charge in [0.2, 0.25) is 0 Å². The molecule has 7 nitrogen and oxygen atoms in total. The Hall–Kier alpha value is -2.27. The molecule has 0 spiro atoms. The summed E-state index contributed by atoms with van der Waals surface area (Å²) < 4.78 is 19.7. The molecule has 2 heterocycles. The molecular weight excluding hydrogens is 523 g/mol. The van der Waals surface area contributed by atoms with Crippen LogP contribution in [-0.2, 0) is 27.4 Å². The highest BCUT2D eigenvalue weighted by Crippen LogP contribution is 2.37. The summed E-state index contributed by atoms with van der Waals surface area (Å²) >= 11 is 2.26. The lowest BCUT2D eigenvalue weighted by Gasteiger charge is -2.21. The van der Waals surface area contributed by atoms with Crippen molar-refractivity contribution in [1.82, 2.24) is 9.55 Å². The average Bonchev–Trinajstić information content (AvgIpc) is 3.11. The third kappa shape index (κ3) is 5.37. The Morgan fingerprint density at radius 1 is 1.00 bits per heavy atom. The van der Waals surface area contributed by atoms with E-state index in [1.807, 2.05) is 60.7 Å². The van der Waals surface area contributed by atoms with E-state index in [-0.39, 0.29) is 16.1 Å². The molecular formula is C24H25IN2O5. The average molecular weight is 548 g/mol. The molecule has 1 aliphatic rings. The molecule has 168 valence electrons. The smallest absolute Gasteiger partial charge is 0.330 e. The second-order valence-electron chi connectivity index (χ2n) is 7.75. The van der Waals surface area contributed by atoms with Gasteiger partial charge in [-0.3, -0.25) is 14.3 Å². The number of alkyl halides is 1. The summed E-state index contributed by atoms with van der Waals surface area (Å²) in [6.45, 7) is 2.87. The maximum Gasteiger partial charge on any atom is 0.330 e. The maximum absolute atomic E-state index is 12.5. The second kappa shape index (κ2) is 10.6. The third-order valence-electron chi connectivity index (χ3n) is 5.37. The van der Waals surface area contributed by atoms with Gasteiger partial charge in [0.05, 0.1) is 23.7 Å². The van der Waals surface area contributed by atoms with Crippen LogP contribution in [-0.4, -0.2) is 32.3 Å². The molecule has 0 bridgehead atoms. The van der Waals surface area contributed by atoms with Crippen LogP contribution in [0.3, 0.4) is 0 Å². The number of aromatic nitrogens is 2. The summed E-state index contributed by atoms with van der Waals surface area (Å²) in [5.41, 5.74) is 1.68. The number of aryl methyl sites for hydroxylation is 1. The van der Waals surface area contributed by atoms with Crippen LogP contribution in [0.25, 0.3) is 0 Å². The Morgan fingerprint density at radius 2 is 1.62 bits per heavy atom. The normalized spacial score (nSPS) is 22.8. The van der Waals surface area contributed by atoms with Crippen LogP contribution < -0.4 is 11.2 Å². The molecule has 2 aromatic carbocycles. The monoisotopic (exact) mass is 548 g/mol. The van der Waals surface area contributed by atoms with Gasteiger partial charge in [0, 0.05) is 11.8 Å². The molecule has 1 aromatic heterocycles. The zero-order valence-corrected chi connectivity index (χ0v) is 19.8. The molecule has 1 N–H and O–H groups in total. The molecule has 4 atom stereocenters. The molecule has 0 radical (unpaired) electrons. The van der Waals surface area contributed by atoms with Crippen LogP contribution in [0.15, 0.2) is 76.4 Å². The quantitative estimate of drug-likeness (QED) is 0.345. The molecule has 3 aromatic rings. The van der Waals surface area contributed by atoms with Crippen molar-refractivity contribution in [2.24, 2.45) is 0 Å². The number of hydrogen-bond donors (Lipinski definition) is 1. The third-order valence-corrected chi connectivity index (χ3v) is 6.69. The Morgan fingerprint density at radius 3 is 2.28 bits per heavy atom. The highest BCUT2D eigenvalue weighted by Gasteiger charge is 2.45. The molecule has 32 heavy (non-hydrogen) atoms. The zero-order chi connectivity index (χ0) is 22.5. The predicted molar refractivity (Wildman–Crippen MR) is 129 cm³/mol. The van der Waals surface area contributed by atoms with E-state index in [1.54, 1.807) is 13.1 Å². The van der Waals surface area contributed by atoms with Crippen LogP contribution >= 0.6 is 22.6 Å². The van der Waals surface area contributed by atoms with Crippen LogP contribution in [0.2, 0.25) is 0 Å². The van der Waals surface area contributed by atoms with Gasteiger partial charge in [0.25, 0.3) is 5.56 Å². The molecule has 0 amide bonds. The van der Waals surface area contributed by atoms with E-state index in [2.05, 4.69) is 27.6 Å². The molecule has 1 aliphatic heterocycles. The molecule has 4 rings (SSSR count). The number of rotatable bonds is 8. The summed E-state index contributed by atoms with van der Waals surface area (Å²) in [7, 11) is 0. The van der Waals surface area contributed by atoms with Gasteiger partial charge < -0.3 is 14.2 Å². The minimum absolute atomic E-state index is 0.162. The van der Waals surface area contributed by atoms with Crippen molar-refractivity contribution in [3.05, 3.63) is 104 Å². The maximum atomic E-state index is 12.5. The van der Waals surface area contributed by atoms with Gasteiger partial charge in [0.15, 0.2) is 6.23 Å². The molecule has 1 fully saturated rings. The first kappa shape index (κ1) is 22.9. The molecule has 0 unspecified atom stereocenters. The van der Waals surface area contributed by atoms with Crippen molar-refractivity contribution in [3.63, 3.8) is 0 Å². The van der Waals surface area contributed by atoms with Gasteiger partial charge in [-0.25, -0.2) is 4.79 Å². The van der Waals surface area contributed by atoms with Crippen LogP contribution in [0.5, 0.6) is 0 Å². The van der Waals surface area contributed by atoms with E-state index < -0.39 is 17.5 Å². The SMILES string of the molecule is Cc1cn([C@@H]2O[C@H](COCc3ccccc3)[C@H](OCc3ccccc3)[C@H]2I)c(=O)[nH]c1=O. The second-order valence-corrected chi connectivity index (χ2v) is 9.19. The first-order chi connectivity index (χ1) is 15.5. The predicted octanol–water partition coefficient (Wildman–Crippen LogP) is 3.35. The molecule has 1 saturated heterocycles. The van der Waals surface area contributed by atoms with Crippen LogP contribution in [0.4, 0.5) is 0 Å². The number of benzene rings is 2. The number of halogens is 1. The lowest BCUT2D eigenvalue weighted by atomic mass is 10.1. The molecule has 0 saturated carbocycles. The van der Waals surface area contributed by atoms with E-state index in [0.29, 0.717) is 25.4 Å². The summed E-state index contributed by atoms with van der Waals surface area (Å²) in [4.78, 5) is 26.6. The van der Waals surface area contributed by atoms with E-state index in [0.717, 1.165) is 11.1 Å². The fourth-order valence-electron chi connectivity index (χ4n) is 3.66.